The van der Waals surface area contributed by atoms with Crippen LogP contribution in [0.15, 0.2) is 41.8 Å². The molecule has 204 valence electrons. The highest BCUT2D eigenvalue weighted by Crippen LogP contribution is 2.36. The van der Waals surface area contributed by atoms with Crippen LogP contribution in [0, 0.1) is 17.6 Å². The van der Waals surface area contributed by atoms with E-state index in [2.05, 4.69) is 37.9 Å². The molecule has 12 heteroatoms. The predicted molar refractivity (Wildman–Crippen MR) is 144 cm³/mol. The van der Waals surface area contributed by atoms with Crippen LogP contribution in [0.25, 0.3) is 22.0 Å². The fourth-order valence-electron chi connectivity index (χ4n) is 5.57. The number of halogens is 2. The molecule has 0 saturated carbocycles. The van der Waals surface area contributed by atoms with Crippen molar-refractivity contribution >= 4 is 34.2 Å². The molecule has 2 fully saturated rings. The number of nitrogens with zero attached hydrogens (tertiary/aromatic N) is 6. The van der Waals surface area contributed by atoms with Gasteiger partial charge in [-0.05, 0) is 49.1 Å². The Kier molecular flexibility index (Phi) is 6.73. The van der Waals surface area contributed by atoms with E-state index in [1.807, 2.05) is 5.12 Å². The van der Waals surface area contributed by atoms with E-state index in [4.69, 9.17) is 0 Å². The zero-order chi connectivity index (χ0) is 27.1. The Morgan fingerprint density at radius 3 is 2.67 bits per heavy atom. The van der Waals surface area contributed by atoms with Gasteiger partial charge in [-0.25, -0.2) is 23.9 Å². The van der Waals surface area contributed by atoms with Crippen LogP contribution in [0.2, 0.25) is 0 Å². The van der Waals surface area contributed by atoms with Crippen molar-refractivity contribution in [1.29, 1.82) is 0 Å². The summed E-state index contributed by atoms with van der Waals surface area (Å²) in [6.07, 6.45) is 3.30. The number of amidine groups is 1. The lowest BCUT2D eigenvalue weighted by Crippen LogP contribution is -2.43. The molecule has 2 saturated heterocycles. The number of aliphatic hydroxyl groups excluding tert-OH is 1. The first-order chi connectivity index (χ1) is 18.9. The topological polar surface area (TPSA) is 109 Å². The summed E-state index contributed by atoms with van der Waals surface area (Å²) in [5, 5.41) is 16.8. The monoisotopic (exact) mass is 536 g/mol. The molecule has 1 atom stereocenters. The zero-order valence-electron chi connectivity index (χ0n) is 21.6. The quantitative estimate of drug-likeness (QED) is 0.441. The lowest BCUT2D eigenvalue weighted by atomic mass is 9.95. The summed E-state index contributed by atoms with van der Waals surface area (Å²) >= 11 is 0. The SMILES string of the molecule is CCCN1N=C(C2CCN(c3ncnc4c(-c5ccc(N6C[C@H](O)CC6=O)c(F)c5)cc(F)cc34)CC2)NN1. The van der Waals surface area contributed by atoms with Crippen molar-refractivity contribution in [3.63, 3.8) is 0 Å². The summed E-state index contributed by atoms with van der Waals surface area (Å²) in [6, 6.07) is 7.16. The Morgan fingerprint density at radius 1 is 1.13 bits per heavy atom. The van der Waals surface area contributed by atoms with E-state index < -0.39 is 17.7 Å². The summed E-state index contributed by atoms with van der Waals surface area (Å²) < 4.78 is 30.1. The van der Waals surface area contributed by atoms with Crippen LogP contribution in [0.4, 0.5) is 20.3 Å². The number of fused-ring (bicyclic) bond motifs is 1. The fourth-order valence-corrected chi connectivity index (χ4v) is 5.57. The van der Waals surface area contributed by atoms with E-state index in [0.717, 1.165) is 44.7 Å². The first-order valence-electron chi connectivity index (χ1n) is 13.3. The molecular formula is C27H30F2N8O2. The van der Waals surface area contributed by atoms with Gasteiger partial charge in [-0.15, -0.1) is 10.6 Å². The Bertz CT molecular complexity index is 1440. The number of hydrogen-bond acceptors (Lipinski definition) is 9. The van der Waals surface area contributed by atoms with Crippen LogP contribution in [0.1, 0.15) is 32.6 Å². The maximum atomic E-state index is 15.2. The molecule has 10 nitrogen and oxygen atoms in total. The number of carbonyl (C=O) groups is 1. The van der Waals surface area contributed by atoms with E-state index in [9.17, 15) is 14.3 Å². The van der Waals surface area contributed by atoms with Gasteiger partial charge in [0.2, 0.25) is 5.91 Å². The average Bonchev–Trinajstić information content (AvgIpc) is 3.53. The molecule has 3 N–H and O–H groups in total. The first kappa shape index (κ1) is 25.4. The van der Waals surface area contributed by atoms with Crippen LogP contribution in [0.3, 0.4) is 0 Å². The third kappa shape index (κ3) is 4.85. The minimum atomic E-state index is -0.821. The molecule has 2 aromatic carbocycles. The summed E-state index contributed by atoms with van der Waals surface area (Å²) in [7, 11) is 0. The molecule has 0 spiro atoms. The standard InChI is InChI=1S/C27H30F2N8O2/c1-2-7-37-33-26(32-34-37)16-5-8-35(9-6-16)27-21-12-18(28)11-20(25(21)30-15-31-27)17-3-4-23(22(29)10-17)36-14-19(38)13-24(36)39/h3-4,10-12,15-16,19,34,38H,2,5-9,13-14H2,1H3,(H,32,33)/t19-/m1/s1. The lowest BCUT2D eigenvalue weighted by molar-refractivity contribution is -0.117. The lowest BCUT2D eigenvalue weighted by Gasteiger charge is -2.33. The van der Waals surface area contributed by atoms with Crippen LogP contribution < -0.4 is 20.8 Å². The molecule has 0 unspecified atom stereocenters. The number of hydrazone groups is 1. The molecule has 1 amide bonds. The van der Waals surface area contributed by atoms with Crippen molar-refractivity contribution in [2.45, 2.75) is 38.7 Å². The van der Waals surface area contributed by atoms with Crippen molar-refractivity contribution < 1.29 is 18.7 Å². The van der Waals surface area contributed by atoms with Crippen LogP contribution in [-0.2, 0) is 4.79 Å². The van der Waals surface area contributed by atoms with Gasteiger partial charge in [0.1, 0.15) is 29.6 Å². The largest absolute Gasteiger partial charge is 0.391 e. The molecule has 3 aliphatic heterocycles. The van der Waals surface area contributed by atoms with Gasteiger partial charge in [-0.2, -0.15) is 0 Å². The predicted octanol–water partition coefficient (Wildman–Crippen LogP) is 2.94. The van der Waals surface area contributed by atoms with Crippen LogP contribution in [-0.4, -0.2) is 64.2 Å². The van der Waals surface area contributed by atoms with E-state index in [0.29, 0.717) is 27.8 Å². The average molecular weight is 537 g/mol. The number of β-amino-alcohol motifs (C(OH)–C–C–N with tert-alkyl or cyclic N) is 1. The Balaban J connectivity index is 1.27. The van der Waals surface area contributed by atoms with E-state index in [1.54, 1.807) is 6.07 Å². The highest BCUT2D eigenvalue weighted by atomic mass is 19.1. The second kappa shape index (κ2) is 10.3. The first-order valence-corrected chi connectivity index (χ1v) is 13.3. The van der Waals surface area contributed by atoms with Crippen LogP contribution >= 0.6 is 0 Å². The minimum absolute atomic E-state index is 0.0362. The molecule has 1 aromatic heterocycles. The summed E-state index contributed by atoms with van der Waals surface area (Å²) in [5.74, 6) is 0.411. The number of benzene rings is 2. The molecule has 4 heterocycles. The maximum absolute atomic E-state index is 15.2. The van der Waals surface area contributed by atoms with Gasteiger partial charge in [0.15, 0.2) is 0 Å². The highest BCUT2D eigenvalue weighted by Gasteiger charge is 2.31. The van der Waals surface area contributed by atoms with Crippen molar-refractivity contribution in [3.05, 3.63) is 48.3 Å². The van der Waals surface area contributed by atoms with Crippen molar-refractivity contribution in [1.82, 2.24) is 26.0 Å². The minimum Gasteiger partial charge on any atom is -0.391 e. The second-order valence-electron chi connectivity index (χ2n) is 10.2. The van der Waals surface area contributed by atoms with Gasteiger partial charge in [0.25, 0.3) is 0 Å². The van der Waals surface area contributed by atoms with Crippen molar-refractivity contribution in [3.8, 4) is 11.1 Å². The van der Waals surface area contributed by atoms with Crippen molar-refractivity contribution in [2.75, 3.05) is 36.0 Å². The van der Waals surface area contributed by atoms with Gasteiger partial charge in [-0.1, -0.05) is 13.0 Å². The van der Waals surface area contributed by atoms with Gasteiger partial charge >= 0.3 is 0 Å². The molecular weight excluding hydrogens is 506 g/mol. The normalized spacial score (nSPS) is 20.2. The second-order valence-corrected chi connectivity index (χ2v) is 10.2. The number of hydrazine groups is 2. The molecule has 0 radical (unpaired) electrons. The molecule has 0 aliphatic carbocycles. The third-order valence-corrected chi connectivity index (χ3v) is 7.49. The highest BCUT2D eigenvalue weighted by molar-refractivity contribution is 6.00. The number of hydrogen-bond donors (Lipinski definition) is 3. The fraction of sp³-hybridized carbons (Fsp3) is 0.407. The summed E-state index contributed by atoms with van der Waals surface area (Å²) in [6.45, 7) is 4.40. The molecule has 39 heavy (non-hydrogen) atoms. The Morgan fingerprint density at radius 2 is 1.95 bits per heavy atom. The maximum Gasteiger partial charge on any atom is 0.229 e. The van der Waals surface area contributed by atoms with Gasteiger partial charge in [0, 0.05) is 30.0 Å². The molecule has 3 aliphatic rings. The molecule has 0 bridgehead atoms. The summed E-state index contributed by atoms with van der Waals surface area (Å²) in [5.41, 5.74) is 7.73. The van der Waals surface area contributed by atoms with E-state index >= 15 is 4.39 Å². The number of anilines is 2. The Hall–Kier alpha value is -3.90. The molecule has 3 aromatic rings. The number of aliphatic hydroxyl groups is 1. The smallest absolute Gasteiger partial charge is 0.229 e. The van der Waals surface area contributed by atoms with Gasteiger partial charge in [-0.3, -0.25) is 10.2 Å². The van der Waals surface area contributed by atoms with E-state index in [1.165, 1.54) is 35.5 Å². The van der Waals surface area contributed by atoms with E-state index in [-0.39, 0.29) is 30.5 Å². The number of aromatic nitrogens is 2. The van der Waals surface area contributed by atoms with Gasteiger partial charge in [0.05, 0.1) is 36.8 Å². The number of carbonyl (C=O) groups excluding carboxylic acids is 1. The van der Waals surface area contributed by atoms with Gasteiger partial charge < -0.3 is 14.9 Å². The number of rotatable bonds is 6. The number of nitrogens with one attached hydrogen (secondary N) is 2. The van der Waals surface area contributed by atoms with Crippen LogP contribution in [0.5, 0.6) is 0 Å². The number of piperidine rings is 1. The third-order valence-electron chi connectivity index (χ3n) is 7.49. The number of amides is 1. The summed E-state index contributed by atoms with van der Waals surface area (Å²) in [4.78, 5) is 24.5. The van der Waals surface area contributed by atoms with Crippen molar-refractivity contribution in [2.24, 2.45) is 11.0 Å². The molecule has 6 rings (SSSR count). The zero-order valence-corrected chi connectivity index (χ0v) is 21.6. The Labute approximate surface area is 224 Å².